The molecule has 0 saturated heterocycles. The highest BCUT2D eigenvalue weighted by Crippen LogP contribution is 2.19. The van der Waals surface area contributed by atoms with Crippen LogP contribution < -0.4 is 5.32 Å². The topological polar surface area (TPSA) is 95.9 Å². The highest BCUT2D eigenvalue weighted by molar-refractivity contribution is 5.76. The normalized spacial score (nSPS) is 12.7. The van der Waals surface area contributed by atoms with Crippen LogP contribution in [0.5, 0.6) is 0 Å². The molecule has 2 unspecified atom stereocenters. The zero-order valence-corrected chi connectivity index (χ0v) is 54.8. The van der Waals surface area contributed by atoms with Crippen molar-refractivity contribution in [1.29, 1.82) is 0 Å². The number of hydrogen-bond acceptors (Lipinski definition) is 5. The maximum atomic E-state index is 12.5. The molecule has 6 heteroatoms. The fourth-order valence-corrected chi connectivity index (χ4v) is 11.5. The summed E-state index contributed by atoms with van der Waals surface area (Å²) in [6.45, 7) is 4.88. The van der Waals surface area contributed by atoms with Crippen molar-refractivity contribution in [2.75, 3.05) is 13.2 Å². The molecule has 0 bridgehead atoms. The van der Waals surface area contributed by atoms with Crippen molar-refractivity contribution >= 4 is 11.9 Å². The lowest BCUT2D eigenvalue weighted by molar-refractivity contribution is -0.143. The van der Waals surface area contributed by atoms with E-state index in [4.69, 9.17) is 4.74 Å². The molecule has 1 amide bonds. The first-order valence-electron chi connectivity index (χ1n) is 36.8. The molecule has 0 heterocycles. The highest BCUT2D eigenvalue weighted by Gasteiger charge is 2.18. The molecule has 0 saturated carbocycles. The third kappa shape index (κ3) is 67.1. The lowest BCUT2D eigenvalue weighted by Gasteiger charge is -2.20. The van der Waals surface area contributed by atoms with E-state index in [-0.39, 0.29) is 18.5 Å². The second kappa shape index (κ2) is 70.6. The van der Waals surface area contributed by atoms with Gasteiger partial charge in [0, 0.05) is 12.8 Å². The Balaban J connectivity index is 3.30. The van der Waals surface area contributed by atoms with Crippen LogP contribution in [0.15, 0.2) is 36.5 Å². The number of ether oxygens (including phenoxy) is 1. The number of nitrogens with one attached hydrogen (secondary N) is 1. The van der Waals surface area contributed by atoms with Gasteiger partial charge in [-0.05, 0) is 57.8 Å². The molecule has 81 heavy (non-hydrogen) atoms. The van der Waals surface area contributed by atoms with Gasteiger partial charge in [0.1, 0.15) is 0 Å². The summed E-state index contributed by atoms with van der Waals surface area (Å²) < 4.78 is 5.49. The van der Waals surface area contributed by atoms with E-state index in [0.29, 0.717) is 19.4 Å². The Labute approximate surface area is 506 Å². The number of unbranched alkanes of at least 4 members (excludes halogenated alkanes) is 54. The maximum Gasteiger partial charge on any atom is 0.305 e. The summed E-state index contributed by atoms with van der Waals surface area (Å²) in [6.07, 6.45) is 91.2. The van der Waals surface area contributed by atoms with Crippen molar-refractivity contribution in [1.82, 2.24) is 5.32 Å². The Morgan fingerprint density at radius 1 is 0.346 bits per heavy atom. The molecule has 478 valence electrons. The molecule has 0 radical (unpaired) electrons. The summed E-state index contributed by atoms with van der Waals surface area (Å²) in [5.74, 6) is -0.0520. The Hall–Kier alpha value is -1.92. The van der Waals surface area contributed by atoms with Gasteiger partial charge in [-0.2, -0.15) is 0 Å². The van der Waals surface area contributed by atoms with Crippen LogP contribution in [0.25, 0.3) is 0 Å². The average Bonchev–Trinajstić information content (AvgIpc) is 3.47. The average molecular weight is 1140 g/mol. The molecule has 0 aromatic heterocycles. The molecule has 0 aliphatic carbocycles. The third-order valence-electron chi connectivity index (χ3n) is 17.2. The van der Waals surface area contributed by atoms with Gasteiger partial charge >= 0.3 is 5.97 Å². The van der Waals surface area contributed by atoms with Crippen molar-refractivity contribution in [3.8, 4) is 0 Å². The highest BCUT2D eigenvalue weighted by atomic mass is 16.5. The molecular weight excluding hydrogens is 995 g/mol. The summed E-state index contributed by atoms with van der Waals surface area (Å²) in [6, 6.07) is -0.622. The monoisotopic (exact) mass is 1140 g/mol. The van der Waals surface area contributed by atoms with E-state index in [2.05, 4.69) is 43.5 Å². The van der Waals surface area contributed by atoms with E-state index < -0.39 is 12.1 Å². The SMILES string of the molecule is CCCC/C=C\C/C=C\CCCCCCCC(=O)OCCCCCCCCCCCCCCCCCCCCCCCCCCCCCCCCCCCCCCCC(=O)NC(CO)C(O)/C=C/CCCCCCCCCCCCC. The number of aliphatic hydroxyl groups excluding tert-OH is 2. The van der Waals surface area contributed by atoms with E-state index in [0.717, 1.165) is 51.4 Å². The predicted molar refractivity (Wildman–Crippen MR) is 356 cm³/mol. The predicted octanol–water partition coefficient (Wildman–Crippen LogP) is 23.9. The van der Waals surface area contributed by atoms with E-state index >= 15 is 0 Å². The zero-order chi connectivity index (χ0) is 58.5. The van der Waals surface area contributed by atoms with Crippen molar-refractivity contribution < 1.29 is 24.5 Å². The van der Waals surface area contributed by atoms with Crippen LogP contribution in [0.1, 0.15) is 406 Å². The van der Waals surface area contributed by atoms with E-state index in [1.54, 1.807) is 6.08 Å². The Morgan fingerprint density at radius 2 is 0.630 bits per heavy atom. The number of amides is 1. The molecule has 0 aromatic carbocycles. The number of carbonyl (C=O) groups excluding carboxylic acids is 2. The summed E-state index contributed by atoms with van der Waals surface area (Å²) >= 11 is 0. The van der Waals surface area contributed by atoms with Crippen molar-refractivity contribution in [3.63, 3.8) is 0 Å². The smallest absolute Gasteiger partial charge is 0.305 e. The number of esters is 1. The van der Waals surface area contributed by atoms with Crippen molar-refractivity contribution in [2.45, 2.75) is 418 Å². The molecule has 0 aliphatic rings. The number of allylic oxidation sites excluding steroid dienone is 5. The minimum Gasteiger partial charge on any atom is -0.466 e. The van der Waals surface area contributed by atoms with Crippen LogP contribution in [-0.4, -0.2) is 47.4 Å². The fourth-order valence-electron chi connectivity index (χ4n) is 11.5. The molecule has 2 atom stereocenters. The van der Waals surface area contributed by atoms with Gasteiger partial charge in [-0.15, -0.1) is 0 Å². The molecule has 0 rings (SSSR count). The largest absolute Gasteiger partial charge is 0.466 e. The van der Waals surface area contributed by atoms with Gasteiger partial charge in [-0.3, -0.25) is 9.59 Å². The van der Waals surface area contributed by atoms with Crippen LogP contribution in [0, 0.1) is 0 Å². The van der Waals surface area contributed by atoms with Gasteiger partial charge in [-0.25, -0.2) is 0 Å². The first-order valence-corrected chi connectivity index (χ1v) is 36.8. The second-order valence-corrected chi connectivity index (χ2v) is 25.3. The lowest BCUT2D eigenvalue weighted by Crippen LogP contribution is -2.45. The van der Waals surface area contributed by atoms with Gasteiger partial charge in [0.25, 0.3) is 0 Å². The van der Waals surface area contributed by atoms with Crippen LogP contribution in [0.4, 0.5) is 0 Å². The second-order valence-electron chi connectivity index (χ2n) is 25.3. The molecule has 0 aromatic rings. The zero-order valence-electron chi connectivity index (χ0n) is 54.8. The minimum absolute atomic E-state index is 0.00874. The van der Waals surface area contributed by atoms with Crippen molar-refractivity contribution in [2.24, 2.45) is 0 Å². The number of rotatable bonds is 69. The van der Waals surface area contributed by atoms with Gasteiger partial charge < -0.3 is 20.3 Å². The van der Waals surface area contributed by atoms with Crippen LogP contribution in [0.3, 0.4) is 0 Å². The van der Waals surface area contributed by atoms with Crippen LogP contribution in [0.2, 0.25) is 0 Å². The first-order chi connectivity index (χ1) is 40.0. The molecule has 3 N–H and O–H groups in total. The molecule has 0 spiro atoms. The Bertz CT molecular complexity index is 1310. The minimum atomic E-state index is -0.839. The van der Waals surface area contributed by atoms with Gasteiger partial charge in [0.05, 0.1) is 25.4 Å². The van der Waals surface area contributed by atoms with Gasteiger partial charge in [0.2, 0.25) is 5.91 Å². The van der Waals surface area contributed by atoms with Gasteiger partial charge in [-0.1, -0.05) is 371 Å². The molecular formula is C75H143NO5. The first kappa shape index (κ1) is 79.1. The molecule has 0 aliphatic heterocycles. The quantitative estimate of drug-likeness (QED) is 0.0320. The molecule has 0 fully saturated rings. The van der Waals surface area contributed by atoms with E-state index in [9.17, 15) is 19.8 Å². The third-order valence-corrected chi connectivity index (χ3v) is 17.2. The van der Waals surface area contributed by atoms with Crippen LogP contribution in [-0.2, 0) is 14.3 Å². The lowest BCUT2D eigenvalue weighted by atomic mass is 10.0. The van der Waals surface area contributed by atoms with Crippen LogP contribution >= 0.6 is 0 Å². The molecule has 6 nitrogen and oxygen atoms in total. The van der Waals surface area contributed by atoms with Gasteiger partial charge in [0.15, 0.2) is 0 Å². The Morgan fingerprint density at radius 3 is 0.975 bits per heavy atom. The number of aliphatic hydroxyl groups is 2. The summed E-state index contributed by atoms with van der Waals surface area (Å²) in [7, 11) is 0. The number of hydrogen-bond donors (Lipinski definition) is 3. The summed E-state index contributed by atoms with van der Waals surface area (Å²) in [4.78, 5) is 24.5. The Kier molecular flexibility index (Phi) is 68.9. The fraction of sp³-hybridized carbons (Fsp3) is 0.893. The maximum absolute atomic E-state index is 12.5. The van der Waals surface area contributed by atoms with E-state index in [1.807, 2.05) is 6.08 Å². The van der Waals surface area contributed by atoms with Crippen molar-refractivity contribution in [3.05, 3.63) is 36.5 Å². The summed E-state index contributed by atoms with van der Waals surface area (Å²) in [5.41, 5.74) is 0. The van der Waals surface area contributed by atoms with E-state index in [1.165, 1.54) is 327 Å². The standard InChI is InChI=1S/C75H143NO5/c1-3-5-7-9-11-13-15-17-45-49-53-57-61-65-69-75(80)81-70-66-62-58-54-50-46-42-40-38-36-34-32-30-28-26-24-22-20-18-19-21-23-25-27-29-31-33-35-37-39-41-44-48-52-56-60-64-68-74(79)76-72(71-77)73(78)67-63-59-55-51-47-43-16-14-12-10-8-6-4-2/h9,11,15,17,63,67,72-73,77-78H,3-8,10,12-14,16,18-62,64-66,68-71H2,1-2H3,(H,76,79)/b11-9-,17-15-,67-63+. The number of carbonyl (C=O) groups is 2. The summed E-state index contributed by atoms with van der Waals surface area (Å²) in [5, 5.41) is 23.1.